The maximum atomic E-state index is 13.4. The van der Waals surface area contributed by atoms with Crippen LogP contribution in [0.3, 0.4) is 0 Å². The van der Waals surface area contributed by atoms with Gasteiger partial charge in [-0.15, -0.1) is 0 Å². The number of aliphatic hydroxyl groups excluding tert-OH is 1. The summed E-state index contributed by atoms with van der Waals surface area (Å²) in [5.74, 6) is -0.846. The van der Waals surface area contributed by atoms with Crippen LogP contribution in [0.15, 0.2) is 42.0 Å². The summed E-state index contributed by atoms with van der Waals surface area (Å²) in [7, 11) is 5.47. The maximum absolute atomic E-state index is 13.4. The lowest BCUT2D eigenvalue weighted by Gasteiger charge is -2.31. The highest BCUT2D eigenvalue weighted by Crippen LogP contribution is 2.45. The summed E-state index contributed by atoms with van der Waals surface area (Å²) in [5.41, 5.74) is 4.20. The number of amides is 1. The Balaban J connectivity index is 1.93. The number of nitrogens with zero attached hydrogens (tertiary/aromatic N) is 2. The van der Waals surface area contributed by atoms with E-state index in [2.05, 4.69) is 0 Å². The minimum absolute atomic E-state index is 0.00795. The highest BCUT2D eigenvalue weighted by Gasteiger charge is 2.49. The number of anilines is 1. The molecule has 174 valence electrons. The van der Waals surface area contributed by atoms with E-state index in [1.165, 1.54) is 0 Å². The largest absolute Gasteiger partial charge is 0.507 e. The van der Waals surface area contributed by atoms with Gasteiger partial charge in [-0.2, -0.15) is 0 Å². The van der Waals surface area contributed by atoms with Crippen molar-refractivity contribution in [3.8, 4) is 5.75 Å². The predicted molar refractivity (Wildman–Crippen MR) is 130 cm³/mol. The fourth-order valence-electron chi connectivity index (χ4n) is 5.24. The van der Waals surface area contributed by atoms with Gasteiger partial charge in [0, 0.05) is 25.8 Å². The highest BCUT2D eigenvalue weighted by atomic mass is 16.5. The molecule has 6 nitrogen and oxygen atoms in total. The summed E-state index contributed by atoms with van der Waals surface area (Å²) in [6.45, 7) is 3.83. The summed E-state index contributed by atoms with van der Waals surface area (Å²) in [5, 5.41) is 11.5. The van der Waals surface area contributed by atoms with Gasteiger partial charge in [0.05, 0.1) is 24.3 Å². The third-order valence-electron chi connectivity index (χ3n) is 6.80. The van der Waals surface area contributed by atoms with E-state index >= 15 is 0 Å². The summed E-state index contributed by atoms with van der Waals surface area (Å²) in [4.78, 5) is 30.3. The smallest absolute Gasteiger partial charge is 0.295 e. The number of aliphatic hydroxyl groups is 1. The van der Waals surface area contributed by atoms with Crippen LogP contribution in [0.4, 0.5) is 5.69 Å². The van der Waals surface area contributed by atoms with Gasteiger partial charge in [-0.25, -0.2) is 0 Å². The number of Topliss-reactive ketones (excluding diaryl/α,β-unsaturated/α-hetero) is 1. The van der Waals surface area contributed by atoms with Gasteiger partial charge in [-0.3, -0.25) is 9.59 Å². The number of carbonyl (C=O) groups excluding carboxylic acids is 2. The van der Waals surface area contributed by atoms with Crippen molar-refractivity contribution in [1.29, 1.82) is 0 Å². The van der Waals surface area contributed by atoms with Crippen LogP contribution < -0.4 is 9.64 Å². The maximum Gasteiger partial charge on any atom is 0.295 e. The Labute approximate surface area is 195 Å². The van der Waals surface area contributed by atoms with Crippen molar-refractivity contribution in [2.24, 2.45) is 0 Å². The number of ether oxygens (including phenoxy) is 1. The van der Waals surface area contributed by atoms with Crippen LogP contribution in [0.2, 0.25) is 0 Å². The van der Waals surface area contributed by atoms with E-state index in [1.54, 1.807) is 18.1 Å². The van der Waals surface area contributed by atoms with E-state index in [9.17, 15) is 14.7 Å². The Morgan fingerprint density at radius 2 is 1.70 bits per heavy atom. The molecule has 0 radical (unpaired) electrons. The minimum atomic E-state index is -0.637. The van der Waals surface area contributed by atoms with Crippen LogP contribution in [0.5, 0.6) is 5.75 Å². The van der Waals surface area contributed by atoms with Crippen molar-refractivity contribution in [2.45, 2.75) is 51.6 Å². The van der Waals surface area contributed by atoms with Gasteiger partial charge in [0.2, 0.25) is 0 Å². The number of hydrogen-bond acceptors (Lipinski definition) is 5. The molecule has 1 amide bonds. The number of likely N-dealkylation sites (tertiary alicyclic amines) is 1. The second-order valence-corrected chi connectivity index (χ2v) is 9.29. The molecule has 2 aromatic carbocycles. The molecule has 4 rings (SSSR count). The number of hydrogen-bond donors (Lipinski definition) is 1. The van der Waals surface area contributed by atoms with Gasteiger partial charge in [0.1, 0.15) is 11.5 Å². The van der Waals surface area contributed by atoms with Crippen molar-refractivity contribution in [3.63, 3.8) is 0 Å². The molecule has 6 heteroatoms. The van der Waals surface area contributed by atoms with Crippen LogP contribution in [0.1, 0.15) is 54.0 Å². The highest BCUT2D eigenvalue weighted by molar-refractivity contribution is 6.46. The van der Waals surface area contributed by atoms with Gasteiger partial charge in [0.25, 0.3) is 11.7 Å². The van der Waals surface area contributed by atoms with Crippen molar-refractivity contribution in [1.82, 2.24) is 4.90 Å². The van der Waals surface area contributed by atoms with Crippen LogP contribution in [-0.4, -0.2) is 48.9 Å². The number of methoxy groups -OCH3 is 1. The lowest BCUT2D eigenvalue weighted by atomic mass is 9.93. The quantitative estimate of drug-likeness (QED) is 0.406. The lowest BCUT2D eigenvalue weighted by Crippen LogP contribution is -2.37. The second-order valence-electron chi connectivity index (χ2n) is 9.29. The SMILES string of the molecule is COc1c(C)cc(C)cc1/C(O)=C1\C(=O)C(=O)N(C2CCCC2)C1c1ccc(N(C)C)cc1. The summed E-state index contributed by atoms with van der Waals surface area (Å²) in [6, 6.07) is 11.0. The van der Waals surface area contributed by atoms with Crippen molar-refractivity contribution in [2.75, 3.05) is 26.1 Å². The first-order chi connectivity index (χ1) is 15.7. The Kier molecular flexibility index (Phi) is 6.19. The van der Waals surface area contributed by atoms with Crippen LogP contribution >= 0.6 is 0 Å². The second kappa shape index (κ2) is 8.93. The molecule has 33 heavy (non-hydrogen) atoms. The van der Waals surface area contributed by atoms with E-state index < -0.39 is 17.7 Å². The number of ketones is 1. The summed E-state index contributed by atoms with van der Waals surface area (Å²) < 4.78 is 5.57. The molecule has 0 aromatic heterocycles. The Bertz CT molecular complexity index is 1110. The standard InChI is InChI=1S/C27H32N2O4/c1-16-14-17(2)26(33-5)21(15-16)24(30)22-23(18-10-12-19(13-11-18)28(3)4)29(27(32)25(22)31)20-8-6-7-9-20/h10-15,20,23,30H,6-9H2,1-5H3/b24-22+. The summed E-state index contributed by atoms with van der Waals surface area (Å²) >= 11 is 0. The molecule has 1 saturated heterocycles. The molecular formula is C27H32N2O4. The Morgan fingerprint density at radius 1 is 1.06 bits per heavy atom. The molecule has 1 N–H and O–H groups in total. The van der Waals surface area contributed by atoms with Crippen LogP contribution in [-0.2, 0) is 9.59 Å². The first-order valence-electron chi connectivity index (χ1n) is 11.5. The zero-order chi connectivity index (χ0) is 23.9. The monoisotopic (exact) mass is 448 g/mol. The Morgan fingerprint density at radius 3 is 2.27 bits per heavy atom. The third kappa shape index (κ3) is 3.99. The molecular weight excluding hydrogens is 416 g/mol. The average Bonchev–Trinajstić information content (AvgIpc) is 3.40. The fraction of sp³-hybridized carbons (Fsp3) is 0.407. The van der Waals surface area contributed by atoms with E-state index in [0.717, 1.165) is 48.1 Å². The predicted octanol–water partition coefficient (Wildman–Crippen LogP) is 4.74. The van der Waals surface area contributed by atoms with Gasteiger partial charge in [-0.05, 0) is 61.6 Å². The van der Waals surface area contributed by atoms with Gasteiger partial charge in [0.15, 0.2) is 0 Å². The number of benzene rings is 2. The fourth-order valence-corrected chi connectivity index (χ4v) is 5.24. The first-order valence-corrected chi connectivity index (χ1v) is 11.5. The normalized spacial score (nSPS) is 20.5. The van der Waals surface area contributed by atoms with Crippen LogP contribution in [0.25, 0.3) is 5.76 Å². The van der Waals surface area contributed by atoms with Crippen molar-refractivity contribution < 1.29 is 19.4 Å². The zero-order valence-corrected chi connectivity index (χ0v) is 20.0. The molecule has 1 unspecified atom stereocenters. The van der Waals surface area contributed by atoms with Gasteiger partial charge < -0.3 is 19.6 Å². The molecule has 1 heterocycles. The van der Waals surface area contributed by atoms with Gasteiger partial charge in [-0.1, -0.05) is 31.0 Å². The zero-order valence-electron chi connectivity index (χ0n) is 20.0. The molecule has 0 spiro atoms. The first kappa shape index (κ1) is 22.9. The van der Waals surface area contributed by atoms with Crippen molar-refractivity contribution in [3.05, 3.63) is 64.2 Å². The van der Waals surface area contributed by atoms with Gasteiger partial charge >= 0.3 is 0 Å². The van der Waals surface area contributed by atoms with E-state index in [-0.39, 0.29) is 17.4 Å². The topological polar surface area (TPSA) is 70.1 Å². The molecule has 1 saturated carbocycles. The molecule has 2 fully saturated rings. The minimum Gasteiger partial charge on any atom is -0.507 e. The number of aryl methyl sites for hydroxylation is 2. The number of rotatable bonds is 5. The molecule has 2 aliphatic rings. The molecule has 0 bridgehead atoms. The summed E-state index contributed by atoms with van der Waals surface area (Å²) in [6.07, 6.45) is 3.80. The molecule has 1 atom stereocenters. The lowest BCUT2D eigenvalue weighted by molar-refractivity contribution is -0.141. The van der Waals surface area contributed by atoms with E-state index in [1.807, 2.05) is 63.2 Å². The van der Waals surface area contributed by atoms with E-state index in [0.29, 0.717) is 11.3 Å². The molecule has 1 aliphatic carbocycles. The van der Waals surface area contributed by atoms with Crippen molar-refractivity contribution >= 4 is 23.1 Å². The Hall–Kier alpha value is -3.28. The van der Waals surface area contributed by atoms with E-state index in [4.69, 9.17) is 4.74 Å². The third-order valence-corrected chi connectivity index (χ3v) is 6.80. The number of carbonyl (C=O) groups is 2. The molecule has 2 aromatic rings. The molecule has 1 aliphatic heterocycles. The van der Waals surface area contributed by atoms with Crippen LogP contribution in [0, 0.1) is 13.8 Å². The average molecular weight is 449 g/mol.